The van der Waals surface area contributed by atoms with Crippen molar-refractivity contribution in [2.45, 2.75) is 12.8 Å². The van der Waals surface area contributed by atoms with Crippen LogP contribution in [0.2, 0.25) is 15.2 Å². The molecule has 0 saturated carbocycles. The van der Waals surface area contributed by atoms with Gasteiger partial charge in [0.1, 0.15) is 11.0 Å². The van der Waals surface area contributed by atoms with Crippen LogP contribution in [0.4, 0.5) is 5.82 Å². The quantitative estimate of drug-likeness (QED) is 0.497. The smallest absolute Gasteiger partial charge is 0.223 e. The van der Waals surface area contributed by atoms with Crippen LogP contribution in [0.5, 0.6) is 0 Å². The fourth-order valence-corrected chi connectivity index (χ4v) is 4.03. The molecule has 1 aromatic carbocycles. The lowest BCUT2D eigenvalue weighted by Crippen LogP contribution is -2.49. The number of carbonyl (C=O) groups is 1. The zero-order valence-corrected chi connectivity index (χ0v) is 18.3. The molecule has 30 heavy (non-hydrogen) atoms. The Bertz CT molecular complexity index is 1050. The summed E-state index contributed by atoms with van der Waals surface area (Å²) in [7, 11) is 0. The maximum atomic E-state index is 12.6. The highest BCUT2D eigenvalue weighted by Crippen LogP contribution is 2.31. The van der Waals surface area contributed by atoms with Crippen LogP contribution in [-0.4, -0.2) is 47.0 Å². The number of anilines is 1. The van der Waals surface area contributed by atoms with E-state index in [1.807, 2.05) is 17.0 Å². The maximum Gasteiger partial charge on any atom is 0.223 e. The number of oxazole rings is 1. The Morgan fingerprint density at radius 2 is 1.87 bits per heavy atom. The van der Waals surface area contributed by atoms with Gasteiger partial charge in [-0.25, -0.2) is 9.97 Å². The van der Waals surface area contributed by atoms with Gasteiger partial charge in [0.2, 0.25) is 5.91 Å². The molecule has 4 rings (SSSR count). The molecule has 6 nitrogen and oxygen atoms in total. The third-order valence-electron chi connectivity index (χ3n) is 4.96. The zero-order valence-electron chi connectivity index (χ0n) is 16.0. The van der Waals surface area contributed by atoms with Gasteiger partial charge in [-0.3, -0.25) is 4.79 Å². The average molecular weight is 466 g/mol. The van der Waals surface area contributed by atoms with Gasteiger partial charge in [-0.05, 0) is 30.3 Å². The number of aryl methyl sites for hydroxylation is 1. The second kappa shape index (κ2) is 9.25. The molecule has 0 bridgehead atoms. The van der Waals surface area contributed by atoms with E-state index in [-0.39, 0.29) is 5.91 Å². The molecular weight excluding hydrogens is 447 g/mol. The van der Waals surface area contributed by atoms with E-state index in [0.717, 1.165) is 24.5 Å². The molecular formula is C21H19Cl3N4O2. The number of hydrogen-bond donors (Lipinski definition) is 0. The molecule has 1 fully saturated rings. The summed E-state index contributed by atoms with van der Waals surface area (Å²) >= 11 is 18.1. The Labute approximate surface area is 189 Å². The molecule has 1 aliphatic heterocycles. The second-order valence-corrected chi connectivity index (χ2v) is 8.16. The summed E-state index contributed by atoms with van der Waals surface area (Å²) in [6.07, 6.45) is 2.38. The van der Waals surface area contributed by atoms with Crippen LogP contribution < -0.4 is 4.90 Å². The van der Waals surface area contributed by atoms with Crippen LogP contribution >= 0.6 is 34.8 Å². The van der Waals surface area contributed by atoms with Crippen LogP contribution in [-0.2, 0) is 11.2 Å². The molecule has 0 atom stereocenters. The number of nitrogens with zero attached hydrogens (tertiary/aromatic N) is 4. The van der Waals surface area contributed by atoms with Gasteiger partial charge in [-0.15, -0.1) is 0 Å². The first-order valence-corrected chi connectivity index (χ1v) is 10.7. The van der Waals surface area contributed by atoms with E-state index in [2.05, 4.69) is 14.9 Å². The number of aromatic nitrogens is 2. The van der Waals surface area contributed by atoms with Crippen molar-refractivity contribution >= 4 is 46.5 Å². The van der Waals surface area contributed by atoms with Crippen LogP contribution in [0.25, 0.3) is 11.3 Å². The first-order chi connectivity index (χ1) is 14.5. The predicted octanol–water partition coefficient (Wildman–Crippen LogP) is 4.98. The van der Waals surface area contributed by atoms with Gasteiger partial charge in [0.25, 0.3) is 0 Å². The highest BCUT2D eigenvalue weighted by atomic mass is 35.5. The normalized spacial score (nSPS) is 14.2. The van der Waals surface area contributed by atoms with Gasteiger partial charge >= 0.3 is 0 Å². The summed E-state index contributed by atoms with van der Waals surface area (Å²) in [6.45, 7) is 2.73. The van der Waals surface area contributed by atoms with Crippen molar-refractivity contribution in [3.8, 4) is 11.3 Å². The lowest BCUT2D eigenvalue weighted by molar-refractivity contribution is -0.131. The summed E-state index contributed by atoms with van der Waals surface area (Å²) in [5.41, 5.74) is 0.719. The van der Waals surface area contributed by atoms with E-state index in [9.17, 15) is 4.79 Å². The Hall–Kier alpha value is -2.28. The number of benzene rings is 1. The second-order valence-electron chi connectivity index (χ2n) is 6.93. The molecule has 3 heterocycles. The van der Waals surface area contributed by atoms with Gasteiger partial charge in [-0.1, -0.05) is 40.9 Å². The average Bonchev–Trinajstić information content (AvgIpc) is 3.21. The summed E-state index contributed by atoms with van der Waals surface area (Å²) in [5.74, 6) is 1.98. The van der Waals surface area contributed by atoms with Crippen LogP contribution in [0, 0.1) is 0 Å². The lowest BCUT2D eigenvalue weighted by Gasteiger charge is -2.35. The van der Waals surface area contributed by atoms with Crippen LogP contribution in [0.15, 0.2) is 47.0 Å². The number of piperazine rings is 1. The van der Waals surface area contributed by atoms with Gasteiger partial charge in [-0.2, -0.15) is 0 Å². The van der Waals surface area contributed by atoms with E-state index in [1.54, 1.807) is 30.5 Å². The lowest BCUT2D eigenvalue weighted by atomic mass is 10.2. The van der Waals surface area contributed by atoms with Gasteiger partial charge < -0.3 is 14.2 Å². The summed E-state index contributed by atoms with van der Waals surface area (Å²) < 4.78 is 5.78. The highest BCUT2D eigenvalue weighted by molar-refractivity contribution is 6.36. The van der Waals surface area contributed by atoms with Crippen molar-refractivity contribution in [3.63, 3.8) is 0 Å². The van der Waals surface area contributed by atoms with E-state index < -0.39 is 0 Å². The first kappa shape index (κ1) is 21.0. The third kappa shape index (κ3) is 4.89. The Kier molecular flexibility index (Phi) is 6.46. The fourth-order valence-electron chi connectivity index (χ4n) is 3.37. The summed E-state index contributed by atoms with van der Waals surface area (Å²) in [5, 5.41) is 1.52. The number of halogens is 3. The van der Waals surface area contributed by atoms with Gasteiger partial charge in [0, 0.05) is 49.6 Å². The SMILES string of the molecule is O=C(CCc1ncc(-c2ccc(Cl)cc2Cl)o1)N1CCN(c2cccc(Cl)n2)CC1. The van der Waals surface area contributed by atoms with Crippen LogP contribution in [0.3, 0.4) is 0 Å². The molecule has 1 amide bonds. The molecule has 1 saturated heterocycles. The Morgan fingerprint density at radius 1 is 1.07 bits per heavy atom. The Morgan fingerprint density at radius 3 is 2.60 bits per heavy atom. The number of pyridine rings is 1. The molecule has 156 valence electrons. The summed E-state index contributed by atoms with van der Waals surface area (Å²) in [6, 6.07) is 10.7. The van der Waals surface area contributed by atoms with Gasteiger partial charge in [0.05, 0.1) is 11.2 Å². The largest absolute Gasteiger partial charge is 0.441 e. The summed E-state index contributed by atoms with van der Waals surface area (Å²) in [4.78, 5) is 25.2. The number of carbonyl (C=O) groups excluding carboxylic acids is 1. The minimum absolute atomic E-state index is 0.0815. The molecule has 3 aromatic rings. The van der Waals surface area contributed by atoms with E-state index in [4.69, 9.17) is 39.2 Å². The standard InChI is InChI=1S/C21H19Cl3N4O2/c22-14-4-5-15(16(23)12-14)17-13-25-20(30-17)6-7-21(29)28-10-8-27(9-11-28)19-3-1-2-18(24)26-19/h1-5,12-13H,6-11H2. The third-order valence-corrected chi connectivity index (χ3v) is 5.72. The number of hydrogen-bond acceptors (Lipinski definition) is 5. The van der Waals surface area contributed by atoms with Crippen molar-refractivity contribution in [2.75, 3.05) is 31.1 Å². The topological polar surface area (TPSA) is 62.5 Å². The number of amides is 1. The molecule has 0 spiro atoms. The Balaban J connectivity index is 1.30. The molecule has 9 heteroatoms. The fraction of sp³-hybridized carbons (Fsp3) is 0.286. The van der Waals surface area contributed by atoms with Crippen molar-refractivity contribution in [2.24, 2.45) is 0 Å². The van der Waals surface area contributed by atoms with E-state index >= 15 is 0 Å². The molecule has 0 unspecified atom stereocenters. The maximum absolute atomic E-state index is 12.6. The van der Waals surface area contributed by atoms with Gasteiger partial charge in [0.15, 0.2) is 11.7 Å². The van der Waals surface area contributed by atoms with Crippen molar-refractivity contribution in [1.82, 2.24) is 14.9 Å². The van der Waals surface area contributed by atoms with E-state index in [0.29, 0.717) is 52.8 Å². The molecule has 0 N–H and O–H groups in total. The monoisotopic (exact) mass is 464 g/mol. The highest BCUT2D eigenvalue weighted by Gasteiger charge is 2.22. The molecule has 2 aromatic heterocycles. The molecule has 0 radical (unpaired) electrons. The minimum atomic E-state index is 0.0815. The van der Waals surface area contributed by atoms with Crippen LogP contribution in [0.1, 0.15) is 12.3 Å². The number of rotatable bonds is 5. The molecule has 0 aliphatic carbocycles. The predicted molar refractivity (Wildman–Crippen MR) is 118 cm³/mol. The van der Waals surface area contributed by atoms with Crippen molar-refractivity contribution < 1.29 is 9.21 Å². The molecule has 1 aliphatic rings. The minimum Gasteiger partial charge on any atom is -0.441 e. The van der Waals surface area contributed by atoms with Crippen molar-refractivity contribution in [3.05, 3.63) is 63.7 Å². The van der Waals surface area contributed by atoms with Crippen molar-refractivity contribution in [1.29, 1.82) is 0 Å². The zero-order chi connectivity index (χ0) is 21.1. The van der Waals surface area contributed by atoms with E-state index in [1.165, 1.54) is 0 Å². The first-order valence-electron chi connectivity index (χ1n) is 9.55.